The Balaban J connectivity index is 0.00000264. The van der Waals surface area contributed by atoms with Crippen molar-refractivity contribution in [1.29, 1.82) is 0 Å². The minimum Gasteiger partial charge on any atom is -0.344 e. The molecule has 3 amide bonds. The largest absolute Gasteiger partial charge is 0.344 e. The van der Waals surface area contributed by atoms with Crippen LogP contribution >= 0.6 is 12.4 Å². The lowest BCUT2D eigenvalue weighted by molar-refractivity contribution is -0.131. The summed E-state index contributed by atoms with van der Waals surface area (Å²) in [5.74, 6) is -1.11. The Morgan fingerprint density at radius 2 is 1.65 bits per heavy atom. The van der Waals surface area contributed by atoms with Gasteiger partial charge in [-0.15, -0.1) is 12.4 Å². The third kappa shape index (κ3) is 3.89. The SMILES string of the molecule is CN(CC(C)(C)CN)C(=O)CN1C(=O)c2ccccc2C1=O.Cl. The van der Waals surface area contributed by atoms with Crippen molar-refractivity contribution in [3.8, 4) is 0 Å². The number of hydrogen-bond donors (Lipinski definition) is 1. The highest BCUT2D eigenvalue weighted by Gasteiger charge is 2.37. The first-order chi connectivity index (χ1) is 10.3. The number of carbonyl (C=O) groups excluding carboxylic acids is 3. The molecule has 7 heteroatoms. The van der Waals surface area contributed by atoms with E-state index in [9.17, 15) is 14.4 Å². The van der Waals surface area contributed by atoms with Crippen molar-refractivity contribution in [1.82, 2.24) is 9.80 Å². The first-order valence-electron chi connectivity index (χ1n) is 7.16. The Hall–Kier alpha value is -1.92. The number of fused-ring (bicyclic) bond motifs is 1. The zero-order valence-electron chi connectivity index (χ0n) is 13.5. The van der Waals surface area contributed by atoms with E-state index in [4.69, 9.17) is 5.73 Å². The normalized spacial score (nSPS) is 13.7. The molecule has 0 aromatic heterocycles. The summed E-state index contributed by atoms with van der Waals surface area (Å²) < 4.78 is 0. The molecule has 1 heterocycles. The highest BCUT2D eigenvalue weighted by atomic mass is 35.5. The van der Waals surface area contributed by atoms with Crippen molar-refractivity contribution in [2.45, 2.75) is 13.8 Å². The van der Waals surface area contributed by atoms with Crippen LogP contribution in [0.4, 0.5) is 0 Å². The lowest BCUT2D eigenvalue weighted by Crippen LogP contribution is -2.45. The fourth-order valence-electron chi connectivity index (χ4n) is 2.43. The van der Waals surface area contributed by atoms with E-state index in [0.717, 1.165) is 4.90 Å². The van der Waals surface area contributed by atoms with Gasteiger partial charge in [0.1, 0.15) is 6.54 Å². The molecule has 0 saturated carbocycles. The van der Waals surface area contributed by atoms with Gasteiger partial charge in [-0.05, 0) is 24.1 Å². The van der Waals surface area contributed by atoms with E-state index in [0.29, 0.717) is 24.2 Å². The smallest absolute Gasteiger partial charge is 0.262 e. The van der Waals surface area contributed by atoms with Gasteiger partial charge in [0.15, 0.2) is 0 Å². The Morgan fingerprint density at radius 3 is 2.09 bits per heavy atom. The maximum Gasteiger partial charge on any atom is 0.262 e. The van der Waals surface area contributed by atoms with E-state index < -0.39 is 11.8 Å². The molecule has 0 saturated heterocycles. The molecule has 0 aliphatic carbocycles. The second-order valence-electron chi connectivity index (χ2n) is 6.36. The van der Waals surface area contributed by atoms with E-state index in [2.05, 4.69) is 0 Å². The highest BCUT2D eigenvalue weighted by Crippen LogP contribution is 2.22. The van der Waals surface area contributed by atoms with Crippen LogP contribution in [0.25, 0.3) is 0 Å². The Bertz CT molecular complexity index is 596. The molecule has 1 aromatic carbocycles. The van der Waals surface area contributed by atoms with Gasteiger partial charge in [-0.2, -0.15) is 0 Å². The van der Waals surface area contributed by atoms with E-state index in [1.165, 1.54) is 4.90 Å². The molecular formula is C16H22ClN3O3. The molecule has 126 valence electrons. The van der Waals surface area contributed by atoms with Gasteiger partial charge in [0.05, 0.1) is 11.1 Å². The van der Waals surface area contributed by atoms with Crippen molar-refractivity contribution in [3.63, 3.8) is 0 Å². The number of carbonyl (C=O) groups is 3. The summed E-state index contributed by atoms with van der Waals surface area (Å²) in [5, 5.41) is 0. The number of imide groups is 1. The molecule has 2 N–H and O–H groups in total. The van der Waals surface area contributed by atoms with Gasteiger partial charge < -0.3 is 10.6 Å². The summed E-state index contributed by atoms with van der Waals surface area (Å²) in [5.41, 5.74) is 6.15. The lowest BCUT2D eigenvalue weighted by Gasteiger charge is -2.29. The molecule has 1 aliphatic rings. The van der Waals surface area contributed by atoms with Crippen molar-refractivity contribution >= 4 is 30.1 Å². The van der Waals surface area contributed by atoms with Crippen LogP contribution in [0, 0.1) is 5.41 Å². The van der Waals surface area contributed by atoms with Gasteiger partial charge in [0, 0.05) is 13.6 Å². The van der Waals surface area contributed by atoms with Crippen LogP contribution in [0.2, 0.25) is 0 Å². The number of hydrogen-bond acceptors (Lipinski definition) is 4. The van der Waals surface area contributed by atoms with Crippen LogP contribution in [0.3, 0.4) is 0 Å². The highest BCUT2D eigenvalue weighted by molar-refractivity contribution is 6.22. The number of rotatable bonds is 5. The summed E-state index contributed by atoms with van der Waals surface area (Å²) in [7, 11) is 1.65. The van der Waals surface area contributed by atoms with Crippen molar-refractivity contribution in [3.05, 3.63) is 35.4 Å². The zero-order chi connectivity index (χ0) is 16.5. The first-order valence-corrected chi connectivity index (χ1v) is 7.16. The van der Waals surface area contributed by atoms with Gasteiger partial charge >= 0.3 is 0 Å². The molecule has 0 unspecified atom stereocenters. The Labute approximate surface area is 142 Å². The summed E-state index contributed by atoms with van der Waals surface area (Å²) >= 11 is 0. The van der Waals surface area contributed by atoms with Gasteiger partial charge in [0.25, 0.3) is 11.8 Å². The number of likely N-dealkylation sites (N-methyl/N-ethyl adjacent to an activating group) is 1. The van der Waals surface area contributed by atoms with Crippen molar-refractivity contribution in [2.75, 3.05) is 26.7 Å². The van der Waals surface area contributed by atoms with E-state index in [-0.39, 0.29) is 30.3 Å². The molecule has 2 rings (SSSR count). The van der Waals surface area contributed by atoms with Crippen LogP contribution in [-0.4, -0.2) is 54.2 Å². The average Bonchev–Trinajstić information content (AvgIpc) is 2.72. The van der Waals surface area contributed by atoms with Gasteiger partial charge in [-0.3, -0.25) is 19.3 Å². The molecule has 0 fully saturated rings. The molecule has 0 atom stereocenters. The van der Waals surface area contributed by atoms with Gasteiger partial charge in [-0.1, -0.05) is 26.0 Å². The topological polar surface area (TPSA) is 83.7 Å². The van der Waals surface area contributed by atoms with Gasteiger partial charge in [-0.25, -0.2) is 0 Å². The number of benzene rings is 1. The molecule has 1 aliphatic heterocycles. The van der Waals surface area contributed by atoms with Gasteiger partial charge in [0.2, 0.25) is 5.91 Å². The summed E-state index contributed by atoms with van der Waals surface area (Å²) in [6.07, 6.45) is 0. The predicted molar refractivity (Wildman–Crippen MR) is 89.5 cm³/mol. The molecule has 23 heavy (non-hydrogen) atoms. The summed E-state index contributed by atoms with van der Waals surface area (Å²) in [6.45, 7) is 4.57. The standard InChI is InChI=1S/C16H21N3O3.ClH/c1-16(2,9-17)10-18(3)13(20)8-19-14(21)11-6-4-5-7-12(11)15(19)22;/h4-7H,8-10,17H2,1-3H3;1H. The number of amides is 3. The second-order valence-corrected chi connectivity index (χ2v) is 6.36. The van der Waals surface area contributed by atoms with Crippen LogP contribution in [0.1, 0.15) is 34.6 Å². The molecule has 6 nitrogen and oxygen atoms in total. The van der Waals surface area contributed by atoms with Crippen LogP contribution in [0.15, 0.2) is 24.3 Å². The van der Waals surface area contributed by atoms with Crippen molar-refractivity contribution < 1.29 is 14.4 Å². The molecular weight excluding hydrogens is 318 g/mol. The summed E-state index contributed by atoms with van der Waals surface area (Å²) in [4.78, 5) is 39.2. The Kier molecular flexibility index (Phi) is 5.91. The summed E-state index contributed by atoms with van der Waals surface area (Å²) in [6, 6.07) is 6.60. The minimum absolute atomic E-state index is 0. The monoisotopic (exact) mass is 339 g/mol. The van der Waals surface area contributed by atoms with Crippen molar-refractivity contribution in [2.24, 2.45) is 11.1 Å². The maximum atomic E-state index is 12.3. The first kappa shape index (κ1) is 19.1. The molecule has 0 bridgehead atoms. The average molecular weight is 340 g/mol. The number of halogens is 1. The lowest BCUT2D eigenvalue weighted by atomic mass is 9.93. The van der Waals surface area contributed by atoms with Crippen LogP contribution in [0.5, 0.6) is 0 Å². The van der Waals surface area contributed by atoms with Crippen LogP contribution < -0.4 is 5.73 Å². The van der Waals surface area contributed by atoms with Crippen LogP contribution in [-0.2, 0) is 4.79 Å². The number of nitrogens with two attached hydrogens (primary N) is 1. The second kappa shape index (κ2) is 7.10. The predicted octanol–water partition coefficient (Wildman–Crippen LogP) is 1.15. The molecule has 0 radical (unpaired) electrons. The number of nitrogens with zero attached hydrogens (tertiary/aromatic N) is 2. The maximum absolute atomic E-state index is 12.3. The third-order valence-corrected chi connectivity index (χ3v) is 3.82. The van der Waals surface area contributed by atoms with E-state index in [1.807, 2.05) is 13.8 Å². The van der Waals surface area contributed by atoms with E-state index in [1.54, 1.807) is 31.3 Å². The fourth-order valence-corrected chi connectivity index (χ4v) is 2.43. The Morgan fingerprint density at radius 1 is 1.17 bits per heavy atom. The quantitative estimate of drug-likeness (QED) is 0.816. The molecule has 0 spiro atoms. The molecule has 1 aromatic rings. The minimum atomic E-state index is -0.416. The zero-order valence-corrected chi connectivity index (χ0v) is 14.4. The van der Waals surface area contributed by atoms with E-state index >= 15 is 0 Å². The third-order valence-electron chi connectivity index (χ3n) is 3.82. The fraction of sp³-hybridized carbons (Fsp3) is 0.438.